The van der Waals surface area contributed by atoms with E-state index >= 15 is 0 Å². The van der Waals surface area contributed by atoms with Crippen LogP contribution in [0.15, 0.2) is 0 Å². The Morgan fingerprint density at radius 2 is 2.27 bits per heavy atom. The average Bonchev–Trinajstić information content (AvgIpc) is 1.85. The Morgan fingerprint density at radius 3 is 2.73 bits per heavy atom. The van der Waals surface area contributed by atoms with Crippen molar-refractivity contribution in [3.8, 4) is 0 Å². The van der Waals surface area contributed by atoms with Gasteiger partial charge in [0, 0.05) is 20.3 Å². The van der Waals surface area contributed by atoms with E-state index in [1.165, 1.54) is 6.92 Å². The molecule has 11 heavy (non-hydrogen) atoms. The molecule has 0 N–H and O–H groups in total. The van der Waals surface area contributed by atoms with Gasteiger partial charge in [-0.15, -0.1) is 0 Å². The third kappa shape index (κ3) is 2.50. The molecule has 0 bridgehead atoms. The highest BCUT2D eigenvalue weighted by Crippen LogP contribution is 2.25. The molecular formula is C8H14O3. The van der Waals surface area contributed by atoms with Crippen LogP contribution in [-0.2, 0) is 14.3 Å². The number of carbonyl (C=O) groups excluding carboxylic acids is 1. The van der Waals surface area contributed by atoms with E-state index in [-0.39, 0.29) is 5.97 Å². The number of ether oxygens (including phenoxy) is 2. The highest BCUT2D eigenvalue weighted by atomic mass is 16.7. The Hall–Kier alpha value is -0.570. The maximum atomic E-state index is 10.6. The lowest BCUT2D eigenvalue weighted by Crippen LogP contribution is -2.37. The lowest BCUT2D eigenvalue weighted by molar-refractivity contribution is -0.235. The zero-order valence-corrected chi connectivity index (χ0v) is 7.05. The number of hydrogen-bond acceptors (Lipinski definition) is 3. The predicted molar refractivity (Wildman–Crippen MR) is 40.0 cm³/mol. The van der Waals surface area contributed by atoms with Gasteiger partial charge in [-0.2, -0.15) is 0 Å². The van der Waals surface area contributed by atoms with Crippen molar-refractivity contribution in [2.75, 3.05) is 6.61 Å². The molecule has 0 saturated carbocycles. The van der Waals surface area contributed by atoms with Gasteiger partial charge in [-0.3, -0.25) is 4.79 Å². The summed E-state index contributed by atoms with van der Waals surface area (Å²) >= 11 is 0. The van der Waals surface area contributed by atoms with Gasteiger partial charge in [0.15, 0.2) is 0 Å². The van der Waals surface area contributed by atoms with E-state index in [1.54, 1.807) is 0 Å². The van der Waals surface area contributed by atoms with Gasteiger partial charge in [0.1, 0.15) is 0 Å². The molecule has 0 spiro atoms. The van der Waals surface area contributed by atoms with Gasteiger partial charge < -0.3 is 9.47 Å². The summed E-state index contributed by atoms with van der Waals surface area (Å²) in [6.07, 6.45) is 2.95. The summed E-state index contributed by atoms with van der Waals surface area (Å²) in [7, 11) is 0. The minimum Gasteiger partial charge on any atom is -0.434 e. The van der Waals surface area contributed by atoms with E-state index in [4.69, 9.17) is 9.47 Å². The topological polar surface area (TPSA) is 35.5 Å². The first-order valence-electron chi connectivity index (χ1n) is 3.96. The van der Waals surface area contributed by atoms with Crippen LogP contribution in [0.4, 0.5) is 0 Å². The molecule has 1 unspecified atom stereocenters. The van der Waals surface area contributed by atoms with Crippen LogP contribution < -0.4 is 0 Å². The lowest BCUT2D eigenvalue weighted by atomic mass is 10.1. The second-order valence-electron chi connectivity index (χ2n) is 3.03. The van der Waals surface area contributed by atoms with Gasteiger partial charge in [-0.25, -0.2) is 0 Å². The second kappa shape index (κ2) is 3.22. The summed E-state index contributed by atoms with van der Waals surface area (Å²) in [5.74, 6) is -0.918. The van der Waals surface area contributed by atoms with Crippen molar-refractivity contribution in [1.29, 1.82) is 0 Å². The summed E-state index contributed by atoms with van der Waals surface area (Å²) in [6.45, 7) is 3.92. The zero-order valence-electron chi connectivity index (χ0n) is 7.05. The Morgan fingerprint density at radius 1 is 1.55 bits per heavy atom. The van der Waals surface area contributed by atoms with Crippen LogP contribution >= 0.6 is 0 Å². The van der Waals surface area contributed by atoms with Crippen molar-refractivity contribution in [1.82, 2.24) is 0 Å². The molecule has 0 aromatic rings. The van der Waals surface area contributed by atoms with Gasteiger partial charge in [0.05, 0.1) is 6.61 Å². The maximum Gasteiger partial charge on any atom is 0.305 e. The van der Waals surface area contributed by atoms with Crippen LogP contribution in [0.1, 0.15) is 33.1 Å². The molecule has 0 aliphatic carbocycles. The summed E-state index contributed by atoms with van der Waals surface area (Å²) in [6, 6.07) is 0. The molecule has 3 heteroatoms. The molecule has 1 rings (SSSR count). The third-order valence-electron chi connectivity index (χ3n) is 1.79. The number of esters is 1. The average molecular weight is 158 g/mol. The highest BCUT2D eigenvalue weighted by Gasteiger charge is 2.30. The van der Waals surface area contributed by atoms with Crippen LogP contribution in [0.3, 0.4) is 0 Å². The molecule has 0 aromatic carbocycles. The SMILES string of the molecule is CC(=O)OC1(C)CCCCO1. The normalized spacial score (nSPS) is 31.5. The van der Waals surface area contributed by atoms with E-state index < -0.39 is 5.79 Å². The maximum absolute atomic E-state index is 10.6. The molecule has 1 heterocycles. The summed E-state index contributed by atoms with van der Waals surface area (Å²) in [5, 5.41) is 0. The lowest BCUT2D eigenvalue weighted by Gasteiger charge is -2.32. The zero-order chi connectivity index (χ0) is 8.32. The van der Waals surface area contributed by atoms with Crippen molar-refractivity contribution in [2.45, 2.75) is 38.9 Å². The van der Waals surface area contributed by atoms with Gasteiger partial charge in [0.25, 0.3) is 0 Å². The number of rotatable bonds is 1. The molecule has 1 aliphatic heterocycles. The van der Waals surface area contributed by atoms with Gasteiger partial charge in [0.2, 0.25) is 5.79 Å². The molecule has 0 radical (unpaired) electrons. The van der Waals surface area contributed by atoms with E-state index in [0.717, 1.165) is 19.3 Å². The minimum absolute atomic E-state index is 0.269. The summed E-state index contributed by atoms with van der Waals surface area (Å²) in [4.78, 5) is 10.6. The summed E-state index contributed by atoms with van der Waals surface area (Å²) in [5.41, 5.74) is 0. The van der Waals surface area contributed by atoms with Crippen molar-refractivity contribution in [3.05, 3.63) is 0 Å². The van der Waals surface area contributed by atoms with Crippen LogP contribution in [0.2, 0.25) is 0 Å². The van der Waals surface area contributed by atoms with Crippen LogP contribution in [0.25, 0.3) is 0 Å². The van der Waals surface area contributed by atoms with Crippen molar-refractivity contribution in [2.24, 2.45) is 0 Å². The Balaban J connectivity index is 2.43. The first kappa shape index (κ1) is 8.53. The molecule has 1 saturated heterocycles. The fraction of sp³-hybridized carbons (Fsp3) is 0.875. The first-order chi connectivity index (χ1) is 5.12. The molecular weight excluding hydrogens is 144 g/mol. The molecule has 0 amide bonds. The molecule has 64 valence electrons. The quantitative estimate of drug-likeness (QED) is 0.542. The Bertz CT molecular complexity index is 147. The molecule has 1 atom stereocenters. The molecule has 0 aromatic heterocycles. The van der Waals surface area contributed by atoms with E-state index in [2.05, 4.69) is 0 Å². The number of hydrogen-bond donors (Lipinski definition) is 0. The fourth-order valence-corrected chi connectivity index (χ4v) is 1.29. The molecule has 1 fully saturated rings. The highest BCUT2D eigenvalue weighted by molar-refractivity contribution is 5.66. The van der Waals surface area contributed by atoms with E-state index in [0.29, 0.717) is 6.61 Å². The van der Waals surface area contributed by atoms with Crippen molar-refractivity contribution >= 4 is 5.97 Å². The van der Waals surface area contributed by atoms with E-state index in [9.17, 15) is 4.79 Å². The molecule has 3 nitrogen and oxygen atoms in total. The largest absolute Gasteiger partial charge is 0.434 e. The van der Waals surface area contributed by atoms with Crippen LogP contribution in [0, 0.1) is 0 Å². The number of carbonyl (C=O) groups is 1. The smallest absolute Gasteiger partial charge is 0.305 e. The standard InChI is InChI=1S/C8H14O3/c1-7(9)11-8(2)5-3-4-6-10-8/h3-6H2,1-2H3. The van der Waals surface area contributed by atoms with Crippen molar-refractivity contribution in [3.63, 3.8) is 0 Å². The van der Waals surface area contributed by atoms with Crippen LogP contribution in [0.5, 0.6) is 0 Å². The van der Waals surface area contributed by atoms with E-state index in [1.807, 2.05) is 6.92 Å². The second-order valence-corrected chi connectivity index (χ2v) is 3.03. The van der Waals surface area contributed by atoms with Crippen LogP contribution in [-0.4, -0.2) is 18.4 Å². The monoisotopic (exact) mass is 158 g/mol. The van der Waals surface area contributed by atoms with Gasteiger partial charge in [-0.1, -0.05) is 0 Å². The predicted octanol–water partition coefficient (Wildman–Crippen LogP) is 1.47. The third-order valence-corrected chi connectivity index (χ3v) is 1.79. The van der Waals surface area contributed by atoms with Gasteiger partial charge in [-0.05, 0) is 12.8 Å². The summed E-state index contributed by atoms with van der Waals surface area (Å²) < 4.78 is 10.4. The van der Waals surface area contributed by atoms with Gasteiger partial charge >= 0.3 is 5.97 Å². The minimum atomic E-state index is -0.649. The fourth-order valence-electron chi connectivity index (χ4n) is 1.29. The Kier molecular flexibility index (Phi) is 2.49. The Labute approximate surface area is 66.7 Å². The first-order valence-corrected chi connectivity index (χ1v) is 3.96. The molecule has 1 aliphatic rings. The van der Waals surface area contributed by atoms with Crippen molar-refractivity contribution < 1.29 is 14.3 Å².